The van der Waals surface area contributed by atoms with E-state index in [-0.39, 0.29) is 6.10 Å². The summed E-state index contributed by atoms with van der Waals surface area (Å²) in [7, 11) is 0. The second kappa shape index (κ2) is 5.61. The second-order valence-corrected chi connectivity index (χ2v) is 5.86. The highest BCUT2D eigenvalue weighted by molar-refractivity contribution is 5.26. The van der Waals surface area contributed by atoms with Crippen molar-refractivity contribution in [1.82, 2.24) is 4.90 Å². The molecule has 2 saturated heterocycles. The first kappa shape index (κ1) is 13.1. The van der Waals surface area contributed by atoms with Gasteiger partial charge in [-0.25, -0.2) is 0 Å². The summed E-state index contributed by atoms with van der Waals surface area (Å²) in [5.74, 6) is 0. The molecule has 3 heteroatoms. The summed E-state index contributed by atoms with van der Waals surface area (Å²) in [4.78, 5) is 2.48. The molecule has 0 bridgehead atoms. The normalized spacial score (nSPS) is 29.2. The number of aryl methyl sites for hydroxylation is 1. The van der Waals surface area contributed by atoms with Crippen molar-refractivity contribution in [2.75, 3.05) is 19.7 Å². The Balaban J connectivity index is 1.61. The lowest BCUT2D eigenvalue weighted by Crippen LogP contribution is -2.50. The molecule has 104 valence electrons. The predicted octanol–water partition coefficient (Wildman–Crippen LogP) is 1.76. The maximum Gasteiger partial charge on any atom is 0.0964 e. The first-order chi connectivity index (χ1) is 9.24. The van der Waals surface area contributed by atoms with Crippen LogP contribution in [0, 0.1) is 6.92 Å². The van der Waals surface area contributed by atoms with Gasteiger partial charge in [0.15, 0.2) is 0 Å². The summed E-state index contributed by atoms with van der Waals surface area (Å²) in [6, 6.07) is 8.87. The molecular formula is C16H23NO2. The van der Waals surface area contributed by atoms with Crippen molar-refractivity contribution in [2.24, 2.45) is 0 Å². The number of nitrogens with zero attached hydrogens (tertiary/aromatic N) is 1. The fraction of sp³-hybridized carbons (Fsp3) is 0.625. The number of benzene rings is 1. The number of hydrogen-bond acceptors (Lipinski definition) is 3. The van der Waals surface area contributed by atoms with Gasteiger partial charge in [-0.3, -0.25) is 4.90 Å². The molecule has 3 nitrogen and oxygen atoms in total. The van der Waals surface area contributed by atoms with Gasteiger partial charge in [0.2, 0.25) is 0 Å². The molecule has 2 aliphatic rings. The quantitative estimate of drug-likeness (QED) is 0.900. The van der Waals surface area contributed by atoms with Gasteiger partial charge in [0.1, 0.15) is 0 Å². The lowest BCUT2D eigenvalue weighted by atomic mass is 9.98. The molecule has 2 heterocycles. The predicted molar refractivity (Wildman–Crippen MR) is 75.2 cm³/mol. The number of morpholine rings is 1. The fourth-order valence-corrected chi connectivity index (χ4v) is 3.27. The Morgan fingerprint density at radius 2 is 2.26 bits per heavy atom. The van der Waals surface area contributed by atoms with Crippen LogP contribution < -0.4 is 0 Å². The first-order valence-corrected chi connectivity index (χ1v) is 7.32. The van der Waals surface area contributed by atoms with E-state index in [1.165, 1.54) is 30.5 Å². The summed E-state index contributed by atoms with van der Waals surface area (Å²) < 4.78 is 5.87. The average molecular weight is 261 g/mol. The van der Waals surface area contributed by atoms with Crippen LogP contribution in [0.3, 0.4) is 0 Å². The molecule has 1 aromatic carbocycles. The molecule has 19 heavy (non-hydrogen) atoms. The van der Waals surface area contributed by atoms with E-state index in [9.17, 15) is 5.11 Å². The average Bonchev–Trinajstić information content (AvgIpc) is 2.88. The molecule has 1 aromatic rings. The molecule has 3 unspecified atom stereocenters. The number of fused-ring (bicyclic) bond motifs is 1. The van der Waals surface area contributed by atoms with Crippen LogP contribution in [0.5, 0.6) is 0 Å². The van der Waals surface area contributed by atoms with Crippen molar-refractivity contribution in [1.29, 1.82) is 0 Å². The number of ether oxygens (including phenoxy) is 1. The van der Waals surface area contributed by atoms with Crippen LogP contribution >= 0.6 is 0 Å². The van der Waals surface area contributed by atoms with E-state index in [1.54, 1.807) is 0 Å². The Morgan fingerprint density at radius 1 is 1.42 bits per heavy atom. The molecule has 0 amide bonds. The highest BCUT2D eigenvalue weighted by Crippen LogP contribution is 2.24. The molecule has 3 atom stereocenters. The van der Waals surface area contributed by atoms with Gasteiger partial charge in [0.25, 0.3) is 0 Å². The van der Waals surface area contributed by atoms with Crippen LogP contribution in [-0.2, 0) is 11.2 Å². The van der Waals surface area contributed by atoms with Gasteiger partial charge in [0.05, 0.1) is 18.8 Å². The third-order valence-electron chi connectivity index (χ3n) is 4.54. The van der Waals surface area contributed by atoms with Crippen LogP contribution in [0.1, 0.15) is 24.0 Å². The highest BCUT2D eigenvalue weighted by atomic mass is 16.5. The van der Waals surface area contributed by atoms with E-state index in [0.717, 1.165) is 13.2 Å². The zero-order chi connectivity index (χ0) is 13.2. The molecule has 1 N–H and O–H groups in total. The summed E-state index contributed by atoms with van der Waals surface area (Å²) in [6.45, 7) is 4.94. The third kappa shape index (κ3) is 2.83. The van der Waals surface area contributed by atoms with Gasteiger partial charge in [-0.15, -0.1) is 0 Å². The topological polar surface area (TPSA) is 32.7 Å². The lowest BCUT2D eigenvalue weighted by molar-refractivity contribution is -0.101. The van der Waals surface area contributed by atoms with Gasteiger partial charge in [-0.2, -0.15) is 0 Å². The highest BCUT2D eigenvalue weighted by Gasteiger charge is 2.35. The van der Waals surface area contributed by atoms with Crippen molar-refractivity contribution < 1.29 is 9.84 Å². The number of hydrogen-bond donors (Lipinski definition) is 1. The monoisotopic (exact) mass is 261 g/mol. The van der Waals surface area contributed by atoms with Gasteiger partial charge >= 0.3 is 0 Å². The second-order valence-electron chi connectivity index (χ2n) is 5.86. The third-order valence-corrected chi connectivity index (χ3v) is 4.54. The van der Waals surface area contributed by atoms with E-state index in [0.29, 0.717) is 12.5 Å². The Hall–Kier alpha value is -0.900. The van der Waals surface area contributed by atoms with Crippen molar-refractivity contribution in [3.05, 3.63) is 35.4 Å². The number of aliphatic hydroxyl groups is 1. The van der Waals surface area contributed by atoms with E-state index in [1.807, 2.05) is 12.1 Å². The Bertz CT molecular complexity index is 435. The minimum atomic E-state index is -0.400. The molecule has 0 saturated carbocycles. The van der Waals surface area contributed by atoms with E-state index in [2.05, 4.69) is 24.0 Å². The Labute approximate surface area is 115 Å². The summed E-state index contributed by atoms with van der Waals surface area (Å²) in [6.07, 6.45) is 2.78. The van der Waals surface area contributed by atoms with Gasteiger partial charge in [0, 0.05) is 19.0 Å². The molecule has 0 aromatic heterocycles. The van der Waals surface area contributed by atoms with Crippen molar-refractivity contribution in [3.63, 3.8) is 0 Å². The minimum absolute atomic E-state index is 0.0334. The van der Waals surface area contributed by atoms with E-state index >= 15 is 0 Å². The SMILES string of the molecule is Cc1ccccc1CC(O)C1CN2CCCC2CO1. The first-order valence-electron chi connectivity index (χ1n) is 7.32. The van der Waals surface area contributed by atoms with E-state index < -0.39 is 6.10 Å². The van der Waals surface area contributed by atoms with Crippen molar-refractivity contribution >= 4 is 0 Å². The number of rotatable bonds is 3. The summed E-state index contributed by atoms with van der Waals surface area (Å²) >= 11 is 0. The molecule has 0 radical (unpaired) electrons. The van der Waals surface area contributed by atoms with E-state index in [4.69, 9.17) is 4.74 Å². The standard InChI is InChI=1S/C16H23NO2/c1-12-5-2-3-6-13(12)9-15(18)16-10-17-8-4-7-14(17)11-19-16/h2-3,5-6,14-16,18H,4,7-11H2,1H3. The molecular weight excluding hydrogens is 238 g/mol. The van der Waals surface area contributed by atoms with Crippen LogP contribution in [-0.4, -0.2) is 48.0 Å². The van der Waals surface area contributed by atoms with Gasteiger partial charge in [-0.1, -0.05) is 24.3 Å². The fourth-order valence-electron chi connectivity index (χ4n) is 3.27. The van der Waals surface area contributed by atoms with Crippen LogP contribution in [0.4, 0.5) is 0 Å². The molecule has 2 fully saturated rings. The van der Waals surface area contributed by atoms with Crippen LogP contribution in [0.25, 0.3) is 0 Å². The molecule has 2 aliphatic heterocycles. The van der Waals surface area contributed by atoms with Crippen LogP contribution in [0.15, 0.2) is 24.3 Å². The zero-order valence-corrected chi connectivity index (χ0v) is 11.6. The van der Waals surface area contributed by atoms with Crippen LogP contribution in [0.2, 0.25) is 0 Å². The summed E-state index contributed by atoms with van der Waals surface area (Å²) in [5.41, 5.74) is 2.47. The lowest BCUT2D eigenvalue weighted by Gasteiger charge is -2.37. The van der Waals surface area contributed by atoms with Crippen molar-refractivity contribution in [2.45, 2.75) is 44.4 Å². The zero-order valence-electron chi connectivity index (χ0n) is 11.6. The van der Waals surface area contributed by atoms with Crippen molar-refractivity contribution in [3.8, 4) is 0 Å². The molecule has 0 spiro atoms. The maximum atomic E-state index is 10.4. The van der Waals surface area contributed by atoms with Gasteiger partial charge < -0.3 is 9.84 Å². The largest absolute Gasteiger partial charge is 0.390 e. The Kier molecular flexibility index (Phi) is 3.87. The molecule has 0 aliphatic carbocycles. The molecule has 3 rings (SSSR count). The summed E-state index contributed by atoms with van der Waals surface area (Å²) in [5, 5.41) is 10.4. The number of aliphatic hydroxyl groups excluding tert-OH is 1. The smallest absolute Gasteiger partial charge is 0.0964 e. The minimum Gasteiger partial charge on any atom is -0.390 e. The van der Waals surface area contributed by atoms with Gasteiger partial charge in [-0.05, 0) is 37.4 Å². The maximum absolute atomic E-state index is 10.4. The Morgan fingerprint density at radius 3 is 3.11 bits per heavy atom.